The van der Waals surface area contributed by atoms with Crippen molar-refractivity contribution in [3.63, 3.8) is 0 Å². The molecule has 2 rings (SSSR count). The fourth-order valence-electron chi connectivity index (χ4n) is 1.77. The first-order chi connectivity index (χ1) is 9.56. The molecule has 0 radical (unpaired) electrons. The molecule has 0 fully saturated rings. The molecule has 0 atom stereocenters. The number of nitrogen functional groups attached to an aromatic ring is 1. The van der Waals surface area contributed by atoms with Gasteiger partial charge in [0.25, 0.3) is 0 Å². The first-order valence-electron chi connectivity index (χ1n) is 6.66. The summed E-state index contributed by atoms with van der Waals surface area (Å²) in [5.74, 6) is 1.47. The van der Waals surface area contributed by atoms with E-state index in [9.17, 15) is 4.79 Å². The van der Waals surface area contributed by atoms with Gasteiger partial charge < -0.3 is 20.8 Å². The van der Waals surface area contributed by atoms with Gasteiger partial charge in [0.15, 0.2) is 11.5 Å². The summed E-state index contributed by atoms with van der Waals surface area (Å²) in [4.78, 5) is 20.0. The molecule has 7 heteroatoms. The van der Waals surface area contributed by atoms with Crippen molar-refractivity contribution in [1.29, 1.82) is 0 Å². The van der Waals surface area contributed by atoms with Crippen molar-refractivity contribution in [1.82, 2.24) is 19.7 Å². The maximum Gasteiger partial charge on any atom is 0.221 e. The van der Waals surface area contributed by atoms with Gasteiger partial charge in [-0.15, -0.1) is 0 Å². The van der Waals surface area contributed by atoms with Crippen LogP contribution in [0.4, 0.5) is 11.6 Å². The Kier molecular flexibility index (Phi) is 4.39. The average molecular weight is 276 g/mol. The number of amides is 1. The number of nitrogens with two attached hydrogens (primary N) is 1. The van der Waals surface area contributed by atoms with Gasteiger partial charge in [0.2, 0.25) is 5.91 Å². The zero-order valence-corrected chi connectivity index (χ0v) is 11.8. The van der Waals surface area contributed by atoms with Gasteiger partial charge in [-0.25, -0.2) is 9.97 Å². The van der Waals surface area contributed by atoms with Gasteiger partial charge in [-0.05, 0) is 5.92 Å². The molecular weight excluding hydrogens is 256 g/mol. The number of imidazole rings is 1. The second-order valence-corrected chi connectivity index (χ2v) is 5.05. The lowest BCUT2D eigenvalue weighted by molar-refractivity contribution is -0.120. The minimum Gasteiger partial charge on any atom is -0.382 e. The zero-order valence-electron chi connectivity index (χ0n) is 11.8. The van der Waals surface area contributed by atoms with Crippen molar-refractivity contribution < 1.29 is 4.79 Å². The van der Waals surface area contributed by atoms with Crippen molar-refractivity contribution in [2.75, 3.05) is 24.1 Å². The molecule has 108 valence electrons. The van der Waals surface area contributed by atoms with E-state index in [0.717, 1.165) is 0 Å². The second kappa shape index (κ2) is 6.23. The Hall–Kier alpha value is -2.31. The number of rotatable bonds is 6. The predicted octanol–water partition coefficient (Wildman–Crippen LogP) is 0.886. The van der Waals surface area contributed by atoms with Crippen LogP contribution in [0.1, 0.15) is 20.3 Å². The highest BCUT2D eigenvalue weighted by Crippen LogP contribution is 2.14. The molecule has 0 aliphatic carbocycles. The molecule has 2 aromatic heterocycles. The normalized spacial score (nSPS) is 10.9. The highest BCUT2D eigenvalue weighted by molar-refractivity contribution is 5.76. The summed E-state index contributed by atoms with van der Waals surface area (Å²) in [5.41, 5.74) is 6.41. The molecule has 0 bridgehead atoms. The van der Waals surface area contributed by atoms with Gasteiger partial charge in [0.05, 0.1) is 6.20 Å². The molecule has 2 aromatic rings. The average Bonchev–Trinajstić information content (AvgIpc) is 2.84. The number of carbonyl (C=O) groups excluding carboxylic acids is 1. The van der Waals surface area contributed by atoms with E-state index in [-0.39, 0.29) is 5.91 Å². The minimum absolute atomic E-state index is 0.0227. The summed E-state index contributed by atoms with van der Waals surface area (Å²) < 4.78 is 1.80. The molecule has 0 saturated carbocycles. The van der Waals surface area contributed by atoms with E-state index < -0.39 is 0 Å². The molecule has 2 heterocycles. The number of fused-ring (bicyclic) bond motifs is 1. The van der Waals surface area contributed by atoms with Crippen LogP contribution in [0.15, 0.2) is 18.6 Å². The second-order valence-electron chi connectivity index (χ2n) is 5.05. The van der Waals surface area contributed by atoms with Gasteiger partial charge in [0.1, 0.15) is 5.82 Å². The van der Waals surface area contributed by atoms with Gasteiger partial charge in [-0.1, -0.05) is 13.8 Å². The number of hydrogen-bond acceptors (Lipinski definition) is 5. The van der Waals surface area contributed by atoms with E-state index in [1.165, 1.54) is 0 Å². The van der Waals surface area contributed by atoms with E-state index in [1.807, 2.05) is 0 Å². The van der Waals surface area contributed by atoms with Crippen molar-refractivity contribution in [2.24, 2.45) is 5.92 Å². The van der Waals surface area contributed by atoms with E-state index in [2.05, 4.69) is 34.4 Å². The molecular formula is C13H20N6O. The molecule has 0 aromatic carbocycles. The van der Waals surface area contributed by atoms with Crippen LogP contribution in [0.25, 0.3) is 5.65 Å². The maximum atomic E-state index is 11.6. The quantitative estimate of drug-likeness (QED) is 0.728. The fraction of sp³-hybridized carbons (Fsp3) is 0.462. The SMILES string of the molecule is CC(C)CNC(=O)CCNc1nc(N)cn2ccnc12. The molecule has 20 heavy (non-hydrogen) atoms. The van der Waals surface area contributed by atoms with Gasteiger partial charge in [-0.2, -0.15) is 0 Å². The molecule has 0 spiro atoms. The number of hydrogen-bond donors (Lipinski definition) is 3. The standard InChI is InChI=1S/C13H20N6O/c1-9(2)7-17-11(20)3-4-15-12-13-16-5-6-19(13)8-10(14)18-12/h5-6,8-9H,3-4,7,14H2,1-2H3,(H,15,18)(H,17,20). The first-order valence-corrected chi connectivity index (χ1v) is 6.66. The zero-order chi connectivity index (χ0) is 14.5. The maximum absolute atomic E-state index is 11.6. The number of nitrogens with zero attached hydrogens (tertiary/aromatic N) is 3. The third-order valence-corrected chi connectivity index (χ3v) is 2.74. The van der Waals surface area contributed by atoms with Crippen molar-refractivity contribution in [2.45, 2.75) is 20.3 Å². The van der Waals surface area contributed by atoms with E-state index in [0.29, 0.717) is 42.7 Å². The lowest BCUT2D eigenvalue weighted by Crippen LogP contribution is -2.28. The summed E-state index contributed by atoms with van der Waals surface area (Å²) in [6, 6.07) is 0. The van der Waals surface area contributed by atoms with E-state index >= 15 is 0 Å². The van der Waals surface area contributed by atoms with Crippen LogP contribution in [0.3, 0.4) is 0 Å². The predicted molar refractivity (Wildman–Crippen MR) is 78.4 cm³/mol. The Morgan fingerprint density at radius 2 is 2.30 bits per heavy atom. The highest BCUT2D eigenvalue weighted by atomic mass is 16.1. The van der Waals surface area contributed by atoms with E-state index in [4.69, 9.17) is 5.73 Å². The van der Waals surface area contributed by atoms with Gasteiger partial charge >= 0.3 is 0 Å². The third kappa shape index (κ3) is 3.59. The number of nitrogens with one attached hydrogen (secondary N) is 2. The summed E-state index contributed by atoms with van der Waals surface area (Å²) in [6.45, 7) is 5.30. The summed E-state index contributed by atoms with van der Waals surface area (Å²) >= 11 is 0. The summed E-state index contributed by atoms with van der Waals surface area (Å²) in [5, 5.41) is 5.96. The smallest absolute Gasteiger partial charge is 0.221 e. The topological polar surface area (TPSA) is 97.3 Å². The first kappa shape index (κ1) is 14.1. The molecule has 0 saturated heterocycles. The number of anilines is 2. The van der Waals surface area contributed by atoms with Crippen LogP contribution in [0.2, 0.25) is 0 Å². The molecule has 0 unspecified atom stereocenters. The van der Waals surface area contributed by atoms with Crippen LogP contribution >= 0.6 is 0 Å². The Morgan fingerprint density at radius 3 is 3.05 bits per heavy atom. The van der Waals surface area contributed by atoms with Crippen LogP contribution < -0.4 is 16.4 Å². The molecule has 7 nitrogen and oxygen atoms in total. The Bertz CT molecular complexity index is 592. The highest BCUT2D eigenvalue weighted by Gasteiger charge is 2.07. The van der Waals surface area contributed by atoms with Crippen LogP contribution in [0, 0.1) is 5.92 Å². The van der Waals surface area contributed by atoms with Gasteiger partial charge in [-0.3, -0.25) is 4.79 Å². The summed E-state index contributed by atoms with van der Waals surface area (Å²) in [7, 11) is 0. The number of aromatic nitrogens is 3. The van der Waals surface area contributed by atoms with Gasteiger partial charge in [0, 0.05) is 31.9 Å². The lowest BCUT2D eigenvalue weighted by atomic mass is 10.2. The molecule has 0 aliphatic heterocycles. The fourth-order valence-corrected chi connectivity index (χ4v) is 1.77. The molecule has 0 aliphatic rings. The van der Waals surface area contributed by atoms with Crippen LogP contribution in [0.5, 0.6) is 0 Å². The third-order valence-electron chi connectivity index (χ3n) is 2.74. The van der Waals surface area contributed by atoms with Crippen molar-refractivity contribution in [3.05, 3.63) is 18.6 Å². The van der Waals surface area contributed by atoms with Crippen molar-refractivity contribution in [3.8, 4) is 0 Å². The minimum atomic E-state index is 0.0227. The Labute approximate surface area is 117 Å². The monoisotopic (exact) mass is 276 g/mol. The Balaban J connectivity index is 1.90. The number of carbonyl (C=O) groups is 1. The van der Waals surface area contributed by atoms with Crippen LogP contribution in [-0.2, 0) is 4.79 Å². The van der Waals surface area contributed by atoms with Crippen LogP contribution in [-0.4, -0.2) is 33.4 Å². The van der Waals surface area contributed by atoms with Crippen molar-refractivity contribution >= 4 is 23.2 Å². The summed E-state index contributed by atoms with van der Waals surface area (Å²) in [6.07, 6.45) is 5.56. The largest absolute Gasteiger partial charge is 0.382 e. The molecule has 4 N–H and O–H groups in total. The Morgan fingerprint density at radius 1 is 1.50 bits per heavy atom. The van der Waals surface area contributed by atoms with E-state index in [1.54, 1.807) is 23.0 Å². The lowest BCUT2D eigenvalue weighted by Gasteiger charge is -2.09. The molecule has 1 amide bonds.